The number of aromatic nitrogens is 1. The average Bonchev–Trinajstić information content (AvgIpc) is 3.32. The van der Waals surface area contributed by atoms with E-state index in [0.717, 1.165) is 36.6 Å². The monoisotopic (exact) mass is 351 g/mol. The number of carbonyl (C=O) groups is 3. The number of fused-ring (bicyclic) bond motifs is 3. The lowest BCUT2D eigenvalue weighted by Gasteiger charge is -2.27. The molecule has 0 unspecified atom stereocenters. The maximum absolute atomic E-state index is 13.2. The number of aromatic amines is 1. The second kappa shape index (κ2) is 5.69. The normalized spacial score (nSPS) is 22.4. The molecule has 6 nitrogen and oxygen atoms in total. The van der Waals surface area contributed by atoms with E-state index in [-0.39, 0.29) is 30.2 Å². The third kappa shape index (κ3) is 2.43. The summed E-state index contributed by atoms with van der Waals surface area (Å²) in [5.74, 6) is -0.793. The number of hydrogen-bond acceptors (Lipinski definition) is 3. The second-order valence-corrected chi connectivity index (χ2v) is 7.63. The number of H-pyrrole nitrogens is 1. The Labute approximate surface area is 150 Å². The van der Waals surface area contributed by atoms with Crippen LogP contribution in [0.25, 0.3) is 10.9 Å². The molecular formula is C20H21N3O3. The van der Waals surface area contributed by atoms with Crippen molar-refractivity contribution in [2.24, 2.45) is 0 Å². The summed E-state index contributed by atoms with van der Waals surface area (Å²) in [6.07, 6.45) is 6.34. The van der Waals surface area contributed by atoms with Gasteiger partial charge in [-0.3, -0.25) is 19.7 Å². The molecule has 1 aliphatic heterocycles. The van der Waals surface area contributed by atoms with Crippen LogP contribution in [0.3, 0.4) is 0 Å². The molecule has 1 aromatic carbocycles. The Kier molecular flexibility index (Phi) is 3.42. The second-order valence-electron chi connectivity index (χ2n) is 7.63. The van der Waals surface area contributed by atoms with Crippen LogP contribution in [-0.2, 0) is 22.4 Å². The van der Waals surface area contributed by atoms with Crippen molar-refractivity contribution in [1.29, 1.82) is 0 Å². The van der Waals surface area contributed by atoms with E-state index in [1.165, 1.54) is 24.1 Å². The van der Waals surface area contributed by atoms with Crippen LogP contribution < -0.4 is 5.32 Å². The summed E-state index contributed by atoms with van der Waals surface area (Å²) >= 11 is 0. The Morgan fingerprint density at radius 1 is 1.12 bits per heavy atom. The predicted molar refractivity (Wildman–Crippen MR) is 95.7 cm³/mol. The van der Waals surface area contributed by atoms with Gasteiger partial charge in [-0.05, 0) is 62.3 Å². The van der Waals surface area contributed by atoms with Crippen LogP contribution in [0.1, 0.15) is 53.7 Å². The number of imide groups is 1. The minimum absolute atomic E-state index is 0.0694. The van der Waals surface area contributed by atoms with E-state index < -0.39 is 6.04 Å². The number of benzene rings is 1. The zero-order chi connectivity index (χ0) is 17.8. The molecule has 3 amide bonds. The van der Waals surface area contributed by atoms with Gasteiger partial charge in [-0.15, -0.1) is 0 Å². The molecule has 2 aliphatic carbocycles. The van der Waals surface area contributed by atoms with Gasteiger partial charge >= 0.3 is 0 Å². The first kappa shape index (κ1) is 15.6. The van der Waals surface area contributed by atoms with E-state index in [2.05, 4.69) is 10.3 Å². The number of hydrogen-bond donors (Lipinski definition) is 2. The Morgan fingerprint density at radius 3 is 2.65 bits per heavy atom. The van der Waals surface area contributed by atoms with Crippen molar-refractivity contribution < 1.29 is 14.4 Å². The number of amides is 3. The largest absolute Gasteiger partial charge is 0.358 e. The van der Waals surface area contributed by atoms with Gasteiger partial charge in [-0.2, -0.15) is 0 Å². The van der Waals surface area contributed by atoms with Gasteiger partial charge in [0, 0.05) is 28.2 Å². The minimum Gasteiger partial charge on any atom is -0.358 e. The highest BCUT2D eigenvalue weighted by Gasteiger charge is 2.44. The van der Waals surface area contributed by atoms with Crippen LogP contribution in [0.5, 0.6) is 0 Å². The molecule has 2 aromatic rings. The molecule has 6 heteroatoms. The summed E-state index contributed by atoms with van der Waals surface area (Å²) in [6.45, 7) is 0. The molecule has 134 valence electrons. The lowest BCUT2D eigenvalue weighted by Crippen LogP contribution is -2.45. The van der Waals surface area contributed by atoms with Crippen LogP contribution in [0, 0.1) is 0 Å². The summed E-state index contributed by atoms with van der Waals surface area (Å²) in [6, 6.07) is 5.16. The van der Waals surface area contributed by atoms with Gasteiger partial charge in [-0.25, -0.2) is 0 Å². The molecule has 2 fully saturated rings. The van der Waals surface area contributed by atoms with Crippen LogP contribution in [-0.4, -0.2) is 39.7 Å². The Balaban J connectivity index is 1.52. The fourth-order valence-corrected chi connectivity index (χ4v) is 4.37. The third-order valence-electron chi connectivity index (χ3n) is 5.80. The first-order valence-electron chi connectivity index (χ1n) is 9.41. The van der Waals surface area contributed by atoms with Crippen molar-refractivity contribution in [1.82, 2.24) is 15.2 Å². The topological polar surface area (TPSA) is 82.3 Å². The fourth-order valence-electron chi connectivity index (χ4n) is 4.37. The fraction of sp³-hybridized carbons (Fsp3) is 0.450. The van der Waals surface area contributed by atoms with Crippen molar-refractivity contribution >= 4 is 28.6 Å². The maximum Gasteiger partial charge on any atom is 0.254 e. The van der Waals surface area contributed by atoms with Gasteiger partial charge in [0.25, 0.3) is 5.91 Å². The Hall–Kier alpha value is -2.63. The van der Waals surface area contributed by atoms with Crippen molar-refractivity contribution in [2.45, 2.75) is 57.0 Å². The third-order valence-corrected chi connectivity index (χ3v) is 5.80. The SMILES string of the molecule is O=C1C[C@@H](N(C(=O)c2ccc3[nH]c4c(c3c2)CCCC4)C2CC2)C(=O)N1. The summed E-state index contributed by atoms with van der Waals surface area (Å²) in [7, 11) is 0. The Bertz CT molecular complexity index is 941. The van der Waals surface area contributed by atoms with Gasteiger partial charge in [-0.1, -0.05) is 0 Å². The van der Waals surface area contributed by atoms with Gasteiger partial charge in [0.2, 0.25) is 11.8 Å². The van der Waals surface area contributed by atoms with Gasteiger partial charge in [0.15, 0.2) is 0 Å². The molecule has 26 heavy (non-hydrogen) atoms. The maximum atomic E-state index is 13.2. The van der Waals surface area contributed by atoms with Crippen molar-refractivity contribution in [3.05, 3.63) is 35.0 Å². The van der Waals surface area contributed by atoms with Gasteiger partial charge in [0.05, 0.1) is 6.42 Å². The number of aryl methyl sites for hydroxylation is 2. The summed E-state index contributed by atoms with van der Waals surface area (Å²) in [4.78, 5) is 42.1. The molecule has 2 N–H and O–H groups in total. The van der Waals surface area contributed by atoms with E-state index >= 15 is 0 Å². The molecule has 2 heterocycles. The average molecular weight is 351 g/mol. The van der Waals surface area contributed by atoms with Crippen LogP contribution in [0.4, 0.5) is 0 Å². The number of nitrogens with one attached hydrogen (secondary N) is 2. The molecule has 1 saturated heterocycles. The zero-order valence-electron chi connectivity index (χ0n) is 14.5. The zero-order valence-corrected chi connectivity index (χ0v) is 14.5. The van der Waals surface area contributed by atoms with Crippen LogP contribution in [0.15, 0.2) is 18.2 Å². The first-order chi connectivity index (χ1) is 12.6. The van der Waals surface area contributed by atoms with Crippen molar-refractivity contribution in [3.63, 3.8) is 0 Å². The molecule has 3 aliphatic rings. The highest BCUT2D eigenvalue weighted by atomic mass is 16.2. The first-order valence-corrected chi connectivity index (χ1v) is 9.41. The minimum atomic E-state index is -0.668. The predicted octanol–water partition coefficient (Wildman–Crippen LogP) is 2.07. The molecular weight excluding hydrogens is 330 g/mol. The quantitative estimate of drug-likeness (QED) is 0.831. The molecule has 5 rings (SSSR count). The lowest BCUT2D eigenvalue weighted by atomic mass is 9.95. The summed E-state index contributed by atoms with van der Waals surface area (Å²) < 4.78 is 0. The number of rotatable bonds is 3. The van der Waals surface area contributed by atoms with Gasteiger partial charge < -0.3 is 9.88 Å². The van der Waals surface area contributed by atoms with Gasteiger partial charge in [0.1, 0.15) is 6.04 Å². The highest BCUT2D eigenvalue weighted by Crippen LogP contribution is 2.34. The highest BCUT2D eigenvalue weighted by molar-refractivity contribution is 6.09. The van der Waals surface area contributed by atoms with Crippen molar-refractivity contribution in [3.8, 4) is 0 Å². The van der Waals surface area contributed by atoms with E-state index in [0.29, 0.717) is 5.56 Å². The van der Waals surface area contributed by atoms with Crippen molar-refractivity contribution in [2.75, 3.05) is 0 Å². The van der Waals surface area contributed by atoms with Crippen LogP contribution >= 0.6 is 0 Å². The molecule has 0 radical (unpaired) electrons. The summed E-state index contributed by atoms with van der Waals surface area (Å²) in [5, 5.41) is 3.44. The standard InChI is InChI=1S/C20H21N3O3/c24-18-10-17(19(25)22-18)23(12-6-7-12)20(26)11-5-8-16-14(9-11)13-3-1-2-4-15(13)21-16/h5,8-9,12,17,21H,1-4,6-7,10H2,(H,22,24,25)/t17-/m1/s1. The van der Waals surface area contributed by atoms with E-state index in [4.69, 9.17) is 0 Å². The van der Waals surface area contributed by atoms with E-state index in [9.17, 15) is 14.4 Å². The molecule has 1 atom stereocenters. The number of nitrogens with zero attached hydrogens (tertiary/aromatic N) is 1. The molecule has 0 bridgehead atoms. The molecule has 0 spiro atoms. The van der Waals surface area contributed by atoms with E-state index in [1.807, 2.05) is 18.2 Å². The Morgan fingerprint density at radius 2 is 1.92 bits per heavy atom. The van der Waals surface area contributed by atoms with Crippen LogP contribution in [0.2, 0.25) is 0 Å². The van der Waals surface area contributed by atoms with E-state index in [1.54, 1.807) is 4.90 Å². The smallest absolute Gasteiger partial charge is 0.254 e. The summed E-state index contributed by atoms with van der Waals surface area (Å²) in [5.41, 5.74) is 4.28. The molecule has 1 saturated carbocycles. The lowest BCUT2D eigenvalue weighted by molar-refractivity contribution is -0.126. The molecule has 1 aromatic heterocycles. The number of carbonyl (C=O) groups excluding carboxylic acids is 3.